The Morgan fingerprint density at radius 3 is 2.38 bits per heavy atom. The number of methoxy groups -OCH3 is 2. The van der Waals surface area contributed by atoms with Crippen molar-refractivity contribution in [1.29, 1.82) is 0 Å². The highest BCUT2D eigenvalue weighted by Gasteiger charge is 2.11. The first-order valence-electron chi connectivity index (χ1n) is 6.36. The van der Waals surface area contributed by atoms with Crippen LogP contribution in [0.5, 0.6) is 11.5 Å². The van der Waals surface area contributed by atoms with Crippen molar-refractivity contribution in [1.82, 2.24) is 5.32 Å². The Bertz CT molecular complexity index is 518. The van der Waals surface area contributed by atoms with Gasteiger partial charge in [-0.1, -0.05) is 11.6 Å². The van der Waals surface area contributed by atoms with Crippen LogP contribution in [0.3, 0.4) is 0 Å². The summed E-state index contributed by atoms with van der Waals surface area (Å²) in [6.45, 7) is 0.241. The van der Waals surface area contributed by atoms with Gasteiger partial charge in [0.05, 0.1) is 14.2 Å². The normalized spacial score (nSPS) is 10.0. The molecule has 116 valence electrons. The van der Waals surface area contributed by atoms with Crippen molar-refractivity contribution in [3.8, 4) is 11.5 Å². The molecule has 1 amide bonds. The lowest BCUT2D eigenvalue weighted by Crippen LogP contribution is -2.22. The molecule has 0 aliphatic rings. The second-order valence-corrected chi connectivity index (χ2v) is 4.73. The van der Waals surface area contributed by atoms with Crippen LogP contribution in [-0.2, 0) is 16.1 Å². The number of benzene rings is 1. The van der Waals surface area contributed by atoms with E-state index in [1.165, 1.54) is 14.2 Å². The largest absolute Gasteiger partial charge is 0.493 e. The highest BCUT2D eigenvalue weighted by atomic mass is 35.5. The number of halogens is 1. The molecule has 0 heterocycles. The van der Waals surface area contributed by atoms with Crippen LogP contribution >= 0.6 is 11.6 Å². The van der Waals surface area contributed by atoms with Crippen LogP contribution < -0.4 is 14.8 Å². The van der Waals surface area contributed by atoms with Gasteiger partial charge in [-0.3, -0.25) is 9.59 Å². The summed E-state index contributed by atoms with van der Waals surface area (Å²) in [5.41, 5.74) is 0.695. The zero-order chi connectivity index (χ0) is 15.8. The van der Waals surface area contributed by atoms with Crippen LogP contribution in [0.15, 0.2) is 12.1 Å². The second-order valence-electron chi connectivity index (χ2n) is 4.32. The molecular weight excluding hydrogens is 298 g/mol. The number of nitrogens with one attached hydrogen (secondary N) is 1. The second kappa shape index (κ2) is 8.36. The van der Waals surface area contributed by atoms with Crippen molar-refractivity contribution >= 4 is 23.5 Å². The summed E-state index contributed by atoms with van der Waals surface area (Å²) in [5.74, 6) is -0.0936. The predicted octanol–water partition coefficient (Wildman–Crippen LogP) is 2.23. The summed E-state index contributed by atoms with van der Waals surface area (Å²) < 4.78 is 10.3. The molecule has 0 aromatic heterocycles. The van der Waals surface area contributed by atoms with E-state index in [0.717, 1.165) is 0 Å². The maximum atomic E-state index is 11.6. The fraction of sp³-hybridized carbons (Fsp3) is 0.429. The topological polar surface area (TPSA) is 84.9 Å². The first-order valence-corrected chi connectivity index (χ1v) is 6.74. The Balaban J connectivity index is 2.58. The molecule has 1 aromatic rings. The van der Waals surface area contributed by atoms with Gasteiger partial charge in [-0.05, 0) is 18.1 Å². The van der Waals surface area contributed by atoms with Gasteiger partial charge < -0.3 is 19.9 Å². The molecule has 2 N–H and O–H groups in total. The molecule has 1 rings (SSSR count). The summed E-state index contributed by atoms with van der Waals surface area (Å²) in [5, 5.41) is 11.6. The standard InChI is InChI=1S/C14H18ClNO5/c1-20-11-6-9(10(15)7-12(11)21-2)8-16-13(17)4-3-5-14(18)19/h6-7H,3-5,8H2,1-2H3,(H,16,17)(H,18,19). The van der Waals surface area contributed by atoms with Gasteiger partial charge >= 0.3 is 5.97 Å². The molecule has 0 saturated carbocycles. The maximum absolute atomic E-state index is 11.6. The van der Waals surface area contributed by atoms with E-state index in [0.29, 0.717) is 28.5 Å². The summed E-state index contributed by atoms with van der Waals surface area (Å²) in [6.07, 6.45) is 0.447. The monoisotopic (exact) mass is 315 g/mol. The van der Waals surface area contributed by atoms with Gasteiger partial charge in [-0.15, -0.1) is 0 Å². The van der Waals surface area contributed by atoms with Gasteiger partial charge in [0.25, 0.3) is 0 Å². The predicted molar refractivity (Wildman–Crippen MR) is 77.9 cm³/mol. The van der Waals surface area contributed by atoms with E-state index in [-0.39, 0.29) is 25.3 Å². The summed E-state index contributed by atoms with van der Waals surface area (Å²) in [6, 6.07) is 3.31. The number of carboxylic acid groups (broad SMARTS) is 1. The fourth-order valence-electron chi connectivity index (χ4n) is 1.71. The van der Waals surface area contributed by atoms with Crippen LogP contribution in [0.1, 0.15) is 24.8 Å². The quantitative estimate of drug-likeness (QED) is 0.768. The van der Waals surface area contributed by atoms with Crippen LogP contribution in [-0.4, -0.2) is 31.2 Å². The number of aliphatic carboxylic acids is 1. The SMILES string of the molecule is COc1cc(Cl)c(CNC(=O)CCCC(=O)O)cc1OC. The van der Waals surface area contributed by atoms with Crippen molar-refractivity contribution < 1.29 is 24.2 Å². The lowest BCUT2D eigenvalue weighted by atomic mass is 10.2. The lowest BCUT2D eigenvalue weighted by Gasteiger charge is -2.12. The Labute approximate surface area is 128 Å². The molecule has 0 fully saturated rings. The minimum absolute atomic E-state index is 0.0233. The molecule has 7 heteroatoms. The molecule has 0 radical (unpaired) electrons. The molecule has 0 saturated heterocycles. The number of rotatable bonds is 8. The number of carbonyl (C=O) groups excluding carboxylic acids is 1. The van der Waals surface area contributed by atoms with Gasteiger partial charge in [-0.2, -0.15) is 0 Å². The van der Waals surface area contributed by atoms with E-state index in [1.54, 1.807) is 12.1 Å². The number of hydrogen-bond acceptors (Lipinski definition) is 4. The average Bonchev–Trinajstić information content (AvgIpc) is 2.45. The summed E-state index contributed by atoms with van der Waals surface area (Å²) >= 11 is 6.10. The van der Waals surface area contributed by atoms with E-state index in [4.69, 9.17) is 26.2 Å². The molecular formula is C14H18ClNO5. The summed E-state index contributed by atoms with van der Waals surface area (Å²) in [4.78, 5) is 21.9. The van der Waals surface area contributed by atoms with Gasteiger partial charge in [0.1, 0.15) is 0 Å². The van der Waals surface area contributed by atoms with Gasteiger partial charge in [0, 0.05) is 30.5 Å². The number of carboxylic acids is 1. The Hall–Kier alpha value is -1.95. The van der Waals surface area contributed by atoms with E-state index in [9.17, 15) is 9.59 Å². The van der Waals surface area contributed by atoms with E-state index in [2.05, 4.69) is 5.32 Å². The van der Waals surface area contributed by atoms with Gasteiger partial charge in [-0.25, -0.2) is 0 Å². The highest BCUT2D eigenvalue weighted by Crippen LogP contribution is 2.32. The van der Waals surface area contributed by atoms with Crippen LogP contribution in [0.4, 0.5) is 0 Å². The molecule has 0 unspecified atom stereocenters. The van der Waals surface area contributed by atoms with Crippen molar-refractivity contribution in [3.05, 3.63) is 22.7 Å². The zero-order valence-corrected chi connectivity index (χ0v) is 12.7. The van der Waals surface area contributed by atoms with Crippen molar-refractivity contribution in [3.63, 3.8) is 0 Å². The Kier molecular flexibility index (Phi) is 6.81. The number of ether oxygens (including phenoxy) is 2. The molecule has 6 nitrogen and oxygen atoms in total. The fourth-order valence-corrected chi connectivity index (χ4v) is 1.93. The lowest BCUT2D eigenvalue weighted by molar-refractivity contribution is -0.137. The van der Waals surface area contributed by atoms with Gasteiger partial charge in [0.15, 0.2) is 11.5 Å². The minimum atomic E-state index is -0.911. The smallest absolute Gasteiger partial charge is 0.303 e. The van der Waals surface area contributed by atoms with Crippen molar-refractivity contribution in [2.24, 2.45) is 0 Å². The van der Waals surface area contributed by atoms with Crippen molar-refractivity contribution in [2.45, 2.75) is 25.8 Å². The molecule has 0 spiro atoms. The van der Waals surface area contributed by atoms with Crippen LogP contribution in [0.25, 0.3) is 0 Å². The van der Waals surface area contributed by atoms with Crippen LogP contribution in [0.2, 0.25) is 5.02 Å². The molecule has 1 aromatic carbocycles. The van der Waals surface area contributed by atoms with E-state index in [1.807, 2.05) is 0 Å². The van der Waals surface area contributed by atoms with E-state index >= 15 is 0 Å². The Morgan fingerprint density at radius 1 is 1.19 bits per heavy atom. The van der Waals surface area contributed by atoms with Crippen LogP contribution in [0, 0.1) is 0 Å². The molecule has 0 bridgehead atoms. The van der Waals surface area contributed by atoms with E-state index < -0.39 is 5.97 Å². The molecule has 0 aliphatic heterocycles. The summed E-state index contributed by atoms with van der Waals surface area (Å²) in [7, 11) is 3.03. The molecule has 0 aliphatic carbocycles. The average molecular weight is 316 g/mol. The first kappa shape index (κ1) is 17.1. The maximum Gasteiger partial charge on any atom is 0.303 e. The number of amides is 1. The zero-order valence-electron chi connectivity index (χ0n) is 11.9. The molecule has 21 heavy (non-hydrogen) atoms. The number of hydrogen-bond donors (Lipinski definition) is 2. The minimum Gasteiger partial charge on any atom is -0.493 e. The molecule has 0 atom stereocenters. The third-order valence-electron chi connectivity index (χ3n) is 2.82. The number of carbonyl (C=O) groups is 2. The third kappa shape index (κ3) is 5.51. The Morgan fingerprint density at radius 2 is 1.81 bits per heavy atom. The first-order chi connectivity index (χ1) is 9.97. The third-order valence-corrected chi connectivity index (χ3v) is 3.17. The van der Waals surface area contributed by atoms with Crippen molar-refractivity contribution in [2.75, 3.05) is 14.2 Å². The highest BCUT2D eigenvalue weighted by molar-refractivity contribution is 6.31. The van der Waals surface area contributed by atoms with Gasteiger partial charge in [0.2, 0.25) is 5.91 Å².